The molecule has 2 heterocycles. The lowest BCUT2D eigenvalue weighted by atomic mass is 9.97. The van der Waals surface area contributed by atoms with Gasteiger partial charge >= 0.3 is 0 Å². The number of fused-ring (bicyclic) bond motifs is 3. The molecule has 0 saturated carbocycles. The second-order valence-corrected chi connectivity index (χ2v) is 7.17. The molecule has 5 heteroatoms. The van der Waals surface area contributed by atoms with Crippen molar-refractivity contribution in [2.45, 2.75) is 39.0 Å². The summed E-state index contributed by atoms with van der Waals surface area (Å²) in [5.74, 6) is 2.70. The Morgan fingerprint density at radius 3 is 2.67 bits per heavy atom. The summed E-state index contributed by atoms with van der Waals surface area (Å²) < 4.78 is 5.24. The number of nitrogens with zero attached hydrogens (tertiary/aromatic N) is 2. The molecular formula is C19H21N3OS. The molecule has 0 unspecified atom stereocenters. The third-order valence-electron chi connectivity index (χ3n) is 4.53. The molecular weight excluding hydrogens is 318 g/mol. The van der Waals surface area contributed by atoms with Crippen molar-refractivity contribution in [2.24, 2.45) is 0 Å². The maximum atomic E-state index is 5.24. The van der Waals surface area contributed by atoms with Gasteiger partial charge < -0.3 is 10.1 Å². The molecule has 0 saturated heterocycles. The van der Waals surface area contributed by atoms with Crippen LogP contribution in [0.5, 0.6) is 5.75 Å². The summed E-state index contributed by atoms with van der Waals surface area (Å²) in [7, 11) is 1.68. The minimum absolute atomic E-state index is 0.843. The fourth-order valence-electron chi connectivity index (χ4n) is 3.26. The largest absolute Gasteiger partial charge is 0.497 e. The smallest absolute Gasteiger partial charge is 0.143 e. The number of hydrogen-bond acceptors (Lipinski definition) is 5. The number of methoxy groups -OCH3 is 1. The number of ether oxygens (including phenoxy) is 1. The lowest BCUT2D eigenvalue weighted by Gasteiger charge is -2.13. The van der Waals surface area contributed by atoms with Crippen LogP contribution in [0.25, 0.3) is 10.2 Å². The van der Waals surface area contributed by atoms with Crippen molar-refractivity contribution >= 4 is 33.1 Å². The Labute approximate surface area is 145 Å². The maximum absolute atomic E-state index is 5.24. The molecule has 0 spiro atoms. The second-order valence-electron chi connectivity index (χ2n) is 6.09. The molecule has 0 atom stereocenters. The summed E-state index contributed by atoms with van der Waals surface area (Å²) in [6, 6.07) is 7.98. The van der Waals surface area contributed by atoms with Crippen LogP contribution < -0.4 is 10.1 Å². The van der Waals surface area contributed by atoms with Gasteiger partial charge in [0.1, 0.15) is 22.2 Å². The van der Waals surface area contributed by atoms with Gasteiger partial charge in [0, 0.05) is 17.0 Å². The van der Waals surface area contributed by atoms with E-state index in [-0.39, 0.29) is 0 Å². The van der Waals surface area contributed by atoms with E-state index in [4.69, 9.17) is 14.7 Å². The number of thiophene rings is 1. The summed E-state index contributed by atoms with van der Waals surface area (Å²) >= 11 is 1.85. The monoisotopic (exact) mass is 339 g/mol. The van der Waals surface area contributed by atoms with Crippen LogP contribution in [0.2, 0.25) is 0 Å². The van der Waals surface area contributed by atoms with E-state index in [9.17, 15) is 0 Å². The normalized spacial score (nSPS) is 13.8. The van der Waals surface area contributed by atoms with Crippen LogP contribution in [0.4, 0.5) is 11.5 Å². The van der Waals surface area contributed by atoms with Crippen LogP contribution in [0, 0.1) is 0 Å². The van der Waals surface area contributed by atoms with E-state index in [0.717, 1.165) is 40.8 Å². The highest BCUT2D eigenvalue weighted by molar-refractivity contribution is 7.19. The molecule has 0 bridgehead atoms. The number of aromatic nitrogens is 2. The number of nitrogens with one attached hydrogen (secondary N) is 1. The number of anilines is 2. The second kappa shape index (κ2) is 6.40. The third kappa shape index (κ3) is 2.73. The number of benzene rings is 1. The van der Waals surface area contributed by atoms with Gasteiger partial charge in [0.15, 0.2) is 0 Å². The highest BCUT2D eigenvalue weighted by Gasteiger charge is 2.21. The minimum Gasteiger partial charge on any atom is -0.497 e. The Morgan fingerprint density at radius 1 is 1.12 bits per heavy atom. The molecule has 24 heavy (non-hydrogen) atoms. The van der Waals surface area contributed by atoms with Crippen LogP contribution >= 0.6 is 11.3 Å². The van der Waals surface area contributed by atoms with E-state index in [0.29, 0.717) is 0 Å². The van der Waals surface area contributed by atoms with Crippen molar-refractivity contribution in [1.29, 1.82) is 0 Å². The highest BCUT2D eigenvalue weighted by atomic mass is 32.1. The van der Waals surface area contributed by atoms with Gasteiger partial charge in [-0.25, -0.2) is 9.97 Å². The Kier molecular flexibility index (Phi) is 4.10. The van der Waals surface area contributed by atoms with E-state index in [1.165, 1.54) is 35.1 Å². The van der Waals surface area contributed by atoms with E-state index in [1.807, 2.05) is 35.6 Å². The van der Waals surface area contributed by atoms with Crippen molar-refractivity contribution in [3.8, 4) is 5.75 Å². The van der Waals surface area contributed by atoms with E-state index in [1.54, 1.807) is 7.11 Å². The van der Waals surface area contributed by atoms with Gasteiger partial charge in [0.05, 0.1) is 12.5 Å². The third-order valence-corrected chi connectivity index (χ3v) is 5.72. The Hall–Kier alpha value is -2.14. The lowest BCUT2D eigenvalue weighted by molar-refractivity contribution is 0.415. The average molecular weight is 339 g/mol. The molecule has 1 aliphatic carbocycles. The van der Waals surface area contributed by atoms with Crippen LogP contribution in [0.15, 0.2) is 24.3 Å². The summed E-state index contributed by atoms with van der Waals surface area (Å²) in [5, 5.41) is 4.73. The van der Waals surface area contributed by atoms with Gasteiger partial charge in [-0.05, 0) is 55.5 Å². The first-order chi connectivity index (χ1) is 11.8. The Bertz CT molecular complexity index is 870. The van der Waals surface area contributed by atoms with E-state index in [2.05, 4.69) is 12.2 Å². The molecule has 2 aromatic heterocycles. The summed E-state index contributed by atoms with van der Waals surface area (Å²) in [4.78, 5) is 12.2. The summed E-state index contributed by atoms with van der Waals surface area (Å²) in [6.45, 7) is 2.10. The molecule has 0 amide bonds. The lowest BCUT2D eigenvalue weighted by Crippen LogP contribution is -2.03. The van der Waals surface area contributed by atoms with Crippen molar-refractivity contribution in [1.82, 2.24) is 9.97 Å². The van der Waals surface area contributed by atoms with Crippen LogP contribution in [-0.4, -0.2) is 17.1 Å². The fraction of sp³-hybridized carbons (Fsp3) is 0.368. The Balaban J connectivity index is 1.81. The molecule has 124 valence electrons. The first kappa shape index (κ1) is 15.4. The van der Waals surface area contributed by atoms with Crippen molar-refractivity contribution < 1.29 is 4.74 Å². The molecule has 0 radical (unpaired) electrons. The van der Waals surface area contributed by atoms with Gasteiger partial charge in [-0.3, -0.25) is 0 Å². The van der Waals surface area contributed by atoms with Gasteiger partial charge in [-0.2, -0.15) is 0 Å². The molecule has 4 nitrogen and oxygen atoms in total. The Morgan fingerprint density at radius 2 is 1.92 bits per heavy atom. The first-order valence-electron chi connectivity index (χ1n) is 8.50. The van der Waals surface area contributed by atoms with Crippen molar-refractivity contribution in [3.63, 3.8) is 0 Å². The van der Waals surface area contributed by atoms with Crippen molar-refractivity contribution in [3.05, 3.63) is 40.5 Å². The maximum Gasteiger partial charge on any atom is 0.143 e. The fourth-order valence-corrected chi connectivity index (χ4v) is 4.54. The number of hydrogen-bond donors (Lipinski definition) is 1. The molecule has 4 rings (SSSR count). The predicted molar refractivity (Wildman–Crippen MR) is 99.7 cm³/mol. The quantitative estimate of drug-likeness (QED) is 0.735. The van der Waals surface area contributed by atoms with E-state index < -0.39 is 0 Å². The van der Waals surface area contributed by atoms with Gasteiger partial charge in [-0.1, -0.05) is 6.92 Å². The number of rotatable bonds is 4. The summed E-state index contributed by atoms with van der Waals surface area (Å²) in [6.07, 6.45) is 5.71. The standard InChI is InChI=1S/C19H21N3OS/c1-3-16-21-18(20-12-8-10-13(23-2)11-9-12)17-14-6-4-5-7-15(14)24-19(17)22-16/h8-11H,3-7H2,1-2H3,(H,20,21,22). The summed E-state index contributed by atoms with van der Waals surface area (Å²) in [5.41, 5.74) is 2.48. The van der Waals surface area contributed by atoms with Crippen molar-refractivity contribution in [2.75, 3.05) is 12.4 Å². The molecule has 1 aliphatic rings. The predicted octanol–water partition coefficient (Wildman–Crippen LogP) is 4.88. The van der Waals surface area contributed by atoms with Crippen LogP contribution in [0.1, 0.15) is 36.0 Å². The topological polar surface area (TPSA) is 47.0 Å². The van der Waals surface area contributed by atoms with Crippen LogP contribution in [0.3, 0.4) is 0 Å². The van der Waals surface area contributed by atoms with E-state index >= 15 is 0 Å². The first-order valence-corrected chi connectivity index (χ1v) is 9.32. The molecule has 3 aromatic rings. The van der Waals surface area contributed by atoms with Gasteiger partial charge in [0.2, 0.25) is 0 Å². The SMILES string of the molecule is CCc1nc(Nc2ccc(OC)cc2)c2c3c(sc2n1)CCCC3. The zero-order valence-electron chi connectivity index (χ0n) is 14.1. The molecule has 1 aromatic carbocycles. The number of aryl methyl sites for hydroxylation is 3. The molecule has 1 N–H and O–H groups in total. The molecule has 0 fully saturated rings. The minimum atomic E-state index is 0.843. The highest BCUT2D eigenvalue weighted by Crippen LogP contribution is 2.39. The average Bonchev–Trinajstić information content (AvgIpc) is 3.00. The molecule has 0 aliphatic heterocycles. The van der Waals surface area contributed by atoms with Crippen LogP contribution in [-0.2, 0) is 19.3 Å². The zero-order valence-corrected chi connectivity index (χ0v) is 14.9. The zero-order chi connectivity index (χ0) is 16.5. The van der Waals surface area contributed by atoms with Gasteiger partial charge in [0.25, 0.3) is 0 Å². The van der Waals surface area contributed by atoms with Gasteiger partial charge in [-0.15, -0.1) is 11.3 Å².